The van der Waals surface area contributed by atoms with Gasteiger partial charge in [-0.25, -0.2) is 9.78 Å². The van der Waals surface area contributed by atoms with Crippen LogP contribution in [0.25, 0.3) is 0 Å². The van der Waals surface area contributed by atoms with Gasteiger partial charge in [-0.05, 0) is 59.5 Å². The molecule has 1 fully saturated rings. The Morgan fingerprint density at radius 1 is 1.02 bits per heavy atom. The number of benzene rings is 3. The number of alkyl halides is 1. The quantitative estimate of drug-likeness (QED) is 0.0315. The largest absolute Gasteiger partial charge is 0.539 e. The molecule has 303 valence electrons. The first kappa shape index (κ1) is 42.9. The Kier molecular flexibility index (Phi) is 14.5. The summed E-state index contributed by atoms with van der Waals surface area (Å²) in [4.78, 5) is 62.5. The molecule has 1 amide bonds. The molecule has 15 nitrogen and oxygen atoms in total. The molecule has 4 aromatic rings. The number of carbonyl (C=O) groups is 4. The van der Waals surface area contributed by atoms with Crippen LogP contribution in [-0.2, 0) is 63.9 Å². The Labute approximate surface area is 352 Å². The van der Waals surface area contributed by atoms with E-state index in [9.17, 15) is 23.4 Å². The van der Waals surface area contributed by atoms with Crippen LogP contribution in [0.5, 0.6) is 23.0 Å². The molecule has 3 heterocycles. The molecule has 3 radical (unpaired) electrons. The topological polar surface area (TPSA) is 178 Å². The van der Waals surface area contributed by atoms with E-state index in [4.69, 9.17) is 48.1 Å². The number of carbonyl (C=O) groups excluding carboxylic acids is 4. The highest BCUT2D eigenvalue weighted by atomic mass is 35.5. The van der Waals surface area contributed by atoms with Crippen molar-refractivity contribution in [1.82, 2.24) is 9.88 Å². The fourth-order valence-electron chi connectivity index (χ4n) is 6.32. The summed E-state index contributed by atoms with van der Waals surface area (Å²) in [6.45, 7) is 1.99. The maximum atomic E-state index is 13.9. The highest BCUT2D eigenvalue weighted by Crippen LogP contribution is 2.41. The second-order valence-electron chi connectivity index (χ2n) is 12.9. The number of hydrogen-bond donors (Lipinski definition) is 0. The second-order valence-corrected chi connectivity index (χ2v) is 15.8. The number of ether oxygens (including phenoxy) is 4. The number of nitrogens with zero attached hydrogens (tertiary/aromatic N) is 3. The van der Waals surface area contributed by atoms with Crippen molar-refractivity contribution in [3.8, 4) is 23.0 Å². The van der Waals surface area contributed by atoms with E-state index >= 15 is 0 Å². The average Bonchev–Trinajstić information content (AvgIpc) is 3.69. The smallest absolute Gasteiger partial charge is 0.416 e. The molecule has 59 heavy (non-hydrogen) atoms. The van der Waals surface area contributed by atoms with E-state index in [0.29, 0.717) is 33.3 Å². The molecule has 6 rings (SSSR count). The first-order chi connectivity index (χ1) is 28.6. The molecular formula is C39H35B2ClN3O12S2. The minimum absolute atomic E-state index is 0.0933. The maximum absolute atomic E-state index is 13.9. The van der Waals surface area contributed by atoms with E-state index < -0.39 is 46.2 Å². The number of thiazole rings is 1. The van der Waals surface area contributed by atoms with E-state index in [1.165, 1.54) is 18.8 Å². The van der Waals surface area contributed by atoms with Gasteiger partial charge in [0.05, 0.1) is 30.9 Å². The van der Waals surface area contributed by atoms with Crippen molar-refractivity contribution in [1.29, 1.82) is 0 Å². The van der Waals surface area contributed by atoms with E-state index in [1.807, 2.05) is 36.4 Å². The molecule has 0 bridgehead atoms. The van der Waals surface area contributed by atoms with Gasteiger partial charge in [0.1, 0.15) is 48.1 Å². The fraction of sp³-hybridized carbons (Fsp3) is 0.282. The number of amides is 1. The highest BCUT2D eigenvalue weighted by Gasteiger charge is 2.57. The molecule has 1 aromatic heterocycles. The van der Waals surface area contributed by atoms with Crippen LogP contribution < -0.4 is 24.4 Å². The van der Waals surface area contributed by atoms with Gasteiger partial charge in [0.2, 0.25) is 5.91 Å². The number of fused-ring (bicyclic) bond motifs is 1. The summed E-state index contributed by atoms with van der Waals surface area (Å²) in [5.41, 5.74) is 2.45. The number of β-lactam (4-membered cyclic amide) rings is 1. The number of hydrogen-bond acceptors (Lipinski definition) is 15. The summed E-state index contributed by atoms with van der Waals surface area (Å²) in [7, 11) is 7.76. The minimum Gasteiger partial charge on any atom is -0.539 e. The number of oxime groups is 1. The summed E-state index contributed by atoms with van der Waals surface area (Å²) < 4.78 is 45.8. The van der Waals surface area contributed by atoms with Gasteiger partial charge in [-0.2, -0.15) is 0 Å². The Bertz CT molecular complexity index is 2290. The molecule has 1 unspecified atom stereocenters. The second kappa shape index (κ2) is 19.9. The van der Waals surface area contributed by atoms with Crippen molar-refractivity contribution in [2.45, 2.75) is 38.5 Å². The first-order valence-corrected chi connectivity index (χ1v) is 20.5. The zero-order chi connectivity index (χ0) is 42.1. The third-order valence-corrected chi connectivity index (χ3v) is 12.1. The number of ketones is 1. The van der Waals surface area contributed by atoms with Crippen LogP contribution in [0, 0.1) is 12.8 Å². The normalized spacial score (nSPS) is 17.3. The van der Waals surface area contributed by atoms with E-state index in [-0.39, 0.29) is 66.4 Å². The molecule has 20 heteroatoms. The zero-order valence-electron chi connectivity index (χ0n) is 31.9. The summed E-state index contributed by atoms with van der Waals surface area (Å²) in [5.74, 6) is -1.67. The van der Waals surface area contributed by atoms with Crippen LogP contribution in [0.3, 0.4) is 0 Å². The average molecular weight is 859 g/mol. The molecule has 0 saturated carbocycles. The van der Waals surface area contributed by atoms with Gasteiger partial charge < -0.3 is 33.1 Å². The van der Waals surface area contributed by atoms with Crippen molar-refractivity contribution in [2.75, 3.05) is 25.9 Å². The van der Waals surface area contributed by atoms with Crippen LogP contribution in [0.4, 0.5) is 0 Å². The van der Waals surface area contributed by atoms with Crippen molar-refractivity contribution in [3.63, 3.8) is 0 Å². The Morgan fingerprint density at radius 2 is 1.68 bits per heavy atom. The number of methoxy groups -OCH3 is 2. The van der Waals surface area contributed by atoms with Gasteiger partial charge in [0.15, 0.2) is 23.0 Å². The summed E-state index contributed by atoms with van der Waals surface area (Å²) in [5, 5.41) is 5.45. The lowest BCUT2D eigenvalue weighted by Gasteiger charge is -2.49. The van der Waals surface area contributed by atoms with Gasteiger partial charge in [-0.3, -0.25) is 23.5 Å². The summed E-state index contributed by atoms with van der Waals surface area (Å²) in [6, 6.07) is 17.9. The first-order valence-electron chi connectivity index (χ1n) is 17.7. The molecular weight excluding hydrogens is 824 g/mol. The van der Waals surface area contributed by atoms with Gasteiger partial charge in [0, 0.05) is 33.9 Å². The van der Waals surface area contributed by atoms with E-state index in [2.05, 4.69) is 14.8 Å². The van der Waals surface area contributed by atoms with Gasteiger partial charge >= 0.3 is 21.5 Å². The van der Waals surface area contributed by atoms with Crippen LogP contribution in [-0.4, -0.2) is 90.7 Å². The number of aromatic nitrogens is 1. The fourth-order valence-corrected chi connectivity index (χ4v) is 9.02. The lowest BCUT2D eigenvalue weighted by atomic mass is 9.82. The molecule has 1 saturated heterocycles. The predicted molar refractivity (Wildman–Crippen MR) is 218 cm³/mol. The van der Waals surface area contributed by atoms with Crippen LogP contribution in [0.1, 0.15) is 33.8 Å². The van der Waals surface area contributed by atoms with E-state index in [0.717, 1.165) is 16.0 Å². The van der Waals surface area contributed by atoms with Crippen molar-refractivity contribution in [2.24, 2.45) is 11.1 Å². The standard InChI is InChI=1S/C39H35B2ClN3O12S2/c1-22-43-30(19-58-22)34(31(47)14-29-37(48)45-35(39(49)57-40)26(15-42)20-59(50)38(29)45)44-56-18-25-8-13-32(53-16-23-4-9-27(51-2)10-5-23)36(33(25)41-55-21-46)54-17-24-6-11-28(52-3)12-7-24/h4-13,19,21,29,38H,14-18,20H2,1-3H3/b44-34-/t29-,38-,59?/m1/s1. The highest BCUT2D eigenvalue weighted by molar-refractivity contribution is 7.86. The number of aryl methyl sites for hydroxylation is 1. The van der Waals surface area contributed by atoms with Gasteiger partial charge in [-0.1, -0.05) is 35.5 Å². The number of Topliss-reactive ketones (excluding diaryl/α,β-unsaturated/α-hetero) is 1. The van der Waals surface area contributed by atoms with Crippen LogP contribution in [0.2, 0.25) is 0 Å². The molecule has 2 aliphatic rings. The number of rotatable bonds is 20. The van der Waals surface area contributed by atoms with Gasteiger partial charge in [-0.15, -0.1) is 22.9 Å². The monoisotopic (exact) mass is 858 g/mol. The third-order valence-electron chi connectivity index (χ3n) is 9.27. The summed E-state index contributed by atoms with van der Waals surface area (Å²) in [6.07, 6.45) is -0.415. The molecule has 0 aliphatic carbocycles. The Balaban J connectivity index is 1.27. The lowest BCUT2D eigenvalue weighted by molar-refractivity contribution is -0.153. The third kappa shape index (κ3) is 9.80. The van der Waals surface area contributed by atoms with Gasteiger partial charge in [0.25, 0.3) is 6.47 Å². The Hall–Kier alpha value is -5.65. The zero-order valence-corrected chi connectivity index (χ0v) is 34.3. The maximum Gasteiger partial charge on any atom is 0.416 e. The summed E-state index contributed by atoms with van der Waals surface area (Å²) >= 11 is 7.25. The Morgan fingerprint density at radius 3 is 2.25 bits per heavy atom. The lowest BCUT2D eigenvalue weighted by Crippen LogP contribution is -2.66. The van der Waals surface area contributed by atoms with Crippen LogP contribution >= 0.6 is 22.9 Å². The minimum atomic E-state index is -1.68. The van der Waals surface area contributed by atoms with Crippen molar-refractivity contribution < 1.29 is 56.5 Å². The molecule has 0 spiro atoms. The molecule has 3 atom stereocenters. The van der Waals surface area contributed by atoms with E-state index in [1.54, 1.807) is 50.8 Å². The predicted octanol–water partition coefficient (Wildman–Crippen LogP) is 3.59. The van der Waals surface area contributed by atoms with Crippen LogP contribution in [0.15, 0.2) is 82.5 Å². The SMILES string of the molecule is [B]OC(=O)C1=C(CCl)CS(=O)[C@@H]2[C@H](CC(=O)/C(=N\OCc3ccc(OCc4ccc(OC)cc4)c(OCc4ccc(OC)cc4)c3[B]OC=O)c3csc(C)n3)C(=O)N12. The molecule has 3 aromatic carbocycles. The number of halogens is 1. The molecule has 0 N–H and O–H groups in total. The molecule has 2 aliphatic heterocycles. The van der Waals surface area contributed by atoms with Crippen molar-refractivity contribution in [3.05, 3.63) is 105 Å². The van der Waals surface area contributed by atoms with Crippen molar-refractivity contribution >= 4 is 84.6 Å².